The fourth-order valence-electron chi connectivity index (χ4n) is 1.65. The van der Waals surface area contributed by atoms with E-state index in [0.717, 1.165) is 12.8 Å². The van der Waals surface area contributed by atoms with Crippen molar-refractivity contribution in [3.8, 4) is 0 Å². The van der Waals surface area contributed by atoms with Gasteiger partial charge in [0.15, 0.2) is 0 Å². The number of nitrogens with zero attached hydrogens (tertiary/aromatic N) is 1. The molecule has 1 aromatic rings. The van der Waals surface area contributed by atoms with Gasteiger partial charge >= 0.3 is 0 Å². The quantitative estimate of drug-likeness (QED) is 0.775. The lowest BCUT2D eigenvalue weighted by Crippen LogP contribution is -2.34. The van der Waals surface area contributed by atoms with Gasteiger partial charge in [0.25, 0.3) is 11.5 Å². The van der Waals surface area contributed by atoms with Crippen molar-refractivity contribution < 1.29 is 4.79 Å². The molecule has 0 radical (unpaired) electrons. The van der Waals surface area contributed by atoms with Gasteiger partial charge < -0.3 is 9.88 Å². The van der Waals surface area contributed by atoms with Crippen LogP contribution in [0.25, 0.3) is 0 Å². The van der Waals surface area contributed by atoms with Crippen molar-refractivity contribution in [1.82, 2.24) is 9.88 Å². The second-order valence-electron chi connectivity index (χ2n) is 4.17. The molecule has 1 fully saturated rings. The Kier molecular flexibility index (Phi) is 2.14. The number of carbonyl (C=O) groups excluding carboxylic acids is 1. The molecule has 80 valence electrons. The zero-order valence-corrected chi connectivity index (χ0v) is 8.91. The summed E-state index contributed by atoms with van der Waals surface area (Å²) >= 11 is 0. The first-order chi connectivity index (χ1) is 7.08. The maximum atomic E-state index is 12.0. The molecule has 1 saturated carbocycles. The Balaban J connectivity index is 2.51. The van der Waals surface area contributed by atoms with Gasteiger partial charge in [-0.3, -0.25) is 9.59 Å². The third-order valence-electron chi connectivity index (χ3n) is 2.97. The first-order valence-corrected chi connectivity index (χ1v) is 5.03. The first kappa shape index (κ1) is 9.96. The van der Waals surface area contributed by atoms with Crippen molar-refractivity contribution >= 4 is 5.91 Å². The lowest BCUT2D eigenvalue weighted by atomic mass is 10.2. The predicted molar refractivity (Wildman–Crippen MR) is 57.0 cm³/mol. The number of pyridine rings is 1. The monoisotopic (exact) mass is 206 g/mol. The van der Waals surface area contributed by atoms with E-state index in [9.17, 15) is 9.59 Å². The standard InChI is InChI=1S/C11H14N2O2/c1-11(5-6-11)13-7-3-4-8(10(13)15)9(14)12-2/h3-4,7H,5-6H2,1-2H3,(H,12,14). The molecule has 0 unspecified atom stereocenters. The summed E-state index contributed by atoms with van der Waals surface area (Å²) in [6, 6.07) is 3.30. The third-order valence-corrected chi connectivity index (χ3v) is 2.97. The lowest BCUT2D eigenvalue weighted by Gasteiger charge is -2.13. The van der Waals surface area contributed by atoms with Crippen LogP contribution in [0, 0.1) is 0 Å². The topological polar surface area (TPSA) is 51.1 Å². The fourth-order valence-corrected chi connectivity index (χ4v) is 1.65. The van der Waals surface area contributed by atoms with E-state index >= 15 is 0 Å². The first-order valence-electron chi connectivity index (χ1n) is 5.03. The maximum absolute atomic E-state index is 12.0. The molecule has 0 aliphatic heterocycles. The fraction of sp³-hybridized carbons (Fsp3) is 0.455. The van der Waals surface area contributed by atoms with Crippen LogP contribution in [0.2, 0.25) is 0 Å². The average molecular weight is 206 g/mol. The van der Waals surface area contributed by atoms with Crippen LogP contribution in [-0.2, 0) is 5.54 Å². The van der Waals surface area contributed by atoms with Crippen LogP contribution in [0.1, 0.15) is 30.1 Å². The molecule has 0 spiro atoms. The Morgan fingerprint density at radius 3 is 2.73 bits per heavy atom. The molecule has 1 amide bonds. The SMILES string of the molecule is CNC(=O)c1cccn(C2(C)CC2)c1=O. The van der Waals surface area contributed by atoms with Gasteiger partial charge in [-0.2, -0.15) is 0 Å². The molecule has 4 nitrogen and oxygen atoms in total. The predicted octanol–water partition coefficient (Wildman–Crippen LogP) is 0.717. The molecule has 0 saturated heterocycles. The van der Waals surface area contributed by atoms with E-state index in [4.69, 9.17) is 0 Å². The molecule has 0 bridgehead atoms. The van der Waals surface area contributed by atoms with Gasteiger partial charge in [-0.25, -0.2) is 0 Å². The number of hydrogen-bond acceptors (Lipinski definition) is 2. The minimum absolute atomic E-state index is 0.0683. The van der Waals surface area contributed by atoms with E-state index in [-0.39, 0.29) is 22.6 Å². The summed E-state index contributed by atoms with van der Waals surface area (Å²) in [6.45, 7) is 2.03. The summed E-state index contributed by atoms with van der Waals surface area (Å²) < 4.78 is 1.66. The minimum Gasteiger partial charge on any atom is -0.355 e. The number of hydrogen-bond donors (Lipinski definition) is 1. The Morgan fingerprint density at radius 2 is 2.20 bits per heavy atom. The third kappa shape index (κ3) is 1.56. The number of rotatable bonds is 2. The van der Waals surface area contributed by atoms with Crippen molar-refractivity contribution in [3.63, 3.8) is 0 Å². The van der Waals surface area contributed by atoms with Crippen molar-refractivity contribution in [2.24, 2.45) is 0 Å². The molecule has 1 aromatic heterocycles. The molecule has 15 heavy (non-hydrogen) atoms. The van der Waals surface area contributed by atoms with Gasteiger partial charge in [-0.15, -0.1) is 0 Å². The van der Waals surface area contributed by atoms with E-state index in [2.05, 4.69) is 5.32 Å². The van der Waals surface area contributed by atoms with Crippen LogP contribution in [-0.4, -0.2) is 17.5 Å². The Hall–Kier alpha value is -1.58. The molecule has 2 rings (SSSR count). The summed E-state index contributed by atoms with van der Waals surface area (Å²) in [5, 5.41) is 2.47. The summed E-state index contributed by atoms with van der Waals surface area (Å²) in [4.78, 5) is 23.4. The molecule has 0 atom stereocenters. The van der Waals surface area contributed by atoms with Crippen LogP contribution in [0.5, 0.6) is 0 Å². The second kappa shape index (κ2) is 3.22. The number of amides is 1. The van der Waals surface area contributed by atoms with Gasteiger partial charge in [-0.05, 0) is 31.9 Å². The van der Waals surface area contributed by atoms with Crippen LogP contribution in [0.4, 0.5) is 0 Å². The van der Waals surface area contributed by atoms with Gasteiger partial charge in [-0.1, -0.05) is 0 Å². The highest BCUT2D eigenvalue weighted by Crippen LogP contribution is 2.41. The van der Waals surface area contributed by atoms with Gasteiger partial charge in [0.05, 0.1) is 0 Å². The van der Waals surface area contributed by atoms with E-state index in [0.29, 0.717) is 0 Å². The molecule has 1 aliphatic rings. The minimum atomic E-state index is -0.321. The maximum Gasteiger partial charge on any atom is 0.263 e. The zero-order valence-electron chi connectivity index (χ0n) is 8.91. The van der Waals surface area contributed by atoms with E-state index < -0.39 is 0 Å². The Bertz CT molecular complexity index is 458. The Labute approximate surface area is 87.9 Å². The van der Waals surface area contributed by atoms with Crippen molar-refractivity contribution in [2.45, 2.75) is 25.3 Å². The van der Waals surface area contributed by atoms with Crippen LogP contribution in [0.15, 0.2) is 23.1 Å². The van der Waals surface area contributed by atoms with Crippen molar-refractivity contribution in [1.29, 1.82) is 0 Å². The summed E-state index contributed by atoms with van der Waals surface area (Å²) in [6.07, 6.45) is 3.76. The van der Waals surface area contributed by atoms with Crippen LogP contribution in [0.3, 0.4) is 0 Å². The van der Waals surface area contributed by atoms with E-state index in [1.165, 1.54) is 7.05 Å². The largest absolute Gasteiger partial charge is 0.355 e. The van der Waals surface area contributed by atoms with Crippen molar-refractivity contribution in [2.75, 3.05) is 7.05 Å². The highest BCUT2D eigenvalue weighted by atomic mass is 16.2. The molecule has 1 heterocycles. The normalized spacial score (nSPS) is 17.2. The molecular formula is C11H14N2O2. The number of aromatic nitrogens is 1. The summed E-state index contributed by atoms with van der Waals surface area (Å²) in [7, 11) is 1.53. The van der Waals surface area contributed by atoms with Crippen molar-refractivity contribution in [3.05, 3.63) is 34.2 Å². The highest BCUT2D eigenvalue weighted by Gasteiger charge is 2.40. The molecule has 0 aromatic carbocycles. The molecular weight excluding hydrogens is 192 g/mol. The average Bonchev–Trinajstić information content (AvgIpc) is 2.97. The lowest BCUT2D eigenvalue weighted by molar-refractivity contribution is 0.0961. The van der Waals surface area contributed by atoms with Crippen LogP contribution < -0.4 is 10.9 Å². The van der Waals surface area contributed by atoms with E-state index in [1.54, 1.807) is 22.9 Å². The molecule has 4 heteroatoms. The van der Waals surface area contributed by atoms with Crippen LogP contribution >= 0.6 is 0 Å². The summed E-state index contributed by atoms with van der Waals surface area (Å²) in [5.41, 5.74) is -0.0498. The second-order valence-corrected chi connectivity index (χ2v) is 4.17. The highest BCUT2D eigenvalue weighted by molar-refractivity contribution is 5.93. The van der Waals surface area contributed by atoms with Gasteiger partial charge in [0.2, 0.25) is 0 Å². The van der Waals surface area contributed by atoms with Gasteiger partial charge in [0, 0.05) is 18.8 Å². The molecule has 1 N–H and O–H groups in total. The number of nitrogens with one attached hydrogen (secondary N) is 1. The van der Waals surface area contributed by atoms with Gasteiger partial charge in [0.1, 0.15) is 5.56 Å². The van der Waals surface area contributed by atoms with E-state index in [1.807, 2.05) is 6.92 Å². The smallest absolute Gasteiger partial charge is 0.263 e. The Morgan fingerprint density at radius 1 is 1.53 bits per heavy atom. The summed E-state index contributed by atoms with van der Waals surface area (Å²) in [5.74, 6) is -0.321. The zero-order chi connectivity index (χ0) is 11.1. The number of carbonyl (C=O) groups is 1. The molecule has 1 aliphatic carbocycles.